The number of ether oxygens (including phenoxy) is 1. The molecule has 0 N–H and O–H groups in total. The molecular weight excluding hydrogens is 409 g/mol. The van der Waals surface area contributed by atoms with E-state index >= 15 is 0 Å². The van der Waals surface area contributed by atoms with Crippen LogP contribution in [0.5, 0.6) is 5.75 Å². The Morgan fingerprint density at radius 2 is 1.56 bits per heavy atom. The predicted molar refractivity (Wildman–Crippen MR) is 120 cm³/mol. The molecule has 2 heterocycles. The van der Waals surface area contributed by atoms with Gasteiger partial charge in [-0.05, 0) is 48.4 Å². The standard InChI is InChI=1S/C25H28FN3O3/c1-3-27-14-16-28(17-15-27)23-22(19-6-10-21(32-2)11-7-19)24(30)29(25(23)31)13-12-18-4-8-20(26)9-5-18/h4-11H,3,12-17H2,1-2H3. The van der Waals surface area contributed by atoms with Gasteiger partial charge in [0.15, 0.2) is 0 Å². The molecule has 1 saturated heterocycles. The van der Waals surface area contributed by atoms with Crippen LogP contribution in [-0.2, 0) is 16.0 Å². The number of likely N-dealkylation sites (N-methyl/N-ethyl adjacent to an activating group) is 1. The third kappa shape index (κ3) is 4.39. The molecule has 2 amide bonds. The lowest BCUT2D eigenvalue weighted by Gasteiger charge is -2.36. The molecule has 2 aromatic carbocycles. The number of imide groups is 1. The zero-order valence-electron chi connectivity index (χ0n) is 18.5. The van der Waals surface area contributed by atoms with Gasteiger partial charge in [-0.25, -0.2) is 4.39 Å². The van der Waals surface area contributed by atoms with Gasteiger partial charge in [0, 0.05) is 32.7 Å². The number of methoxy groups -OCH3 is 1. The highest BCUT2D eigenvalue weighted by atomic mass is 19.1. The minimum absolute atomic E-state index is 0.251. The summed E-state index contributed by atoms with van der Waals surface area (Å²) in [6.07, 6.45) is 0.477. The van der Waals surface area contributed by atoms with Crippen LogP contribution in [0.25, 0.3) is 5.57 Å². The maximum absolute atomic E-state index is 13.5. The summed E-state index contributed by atoms with van der Waals surface area (Å²) in [5, 5.41) is 0. The topological polar surface area (TPSA) is 53.1 Å². The fraction of sp³-hybridized carbons (Fsp3) is 0.360. The number of hydrogen-bond acceptors (Lipinski definition) is 5. The number of carbonyl (C=O) groups is 2. The summed E-state index contributed by atoms with van der Waals surface area (Å²) < 4.78 is 18.5. The second-order valence-corrected chi connectivity index (χ2v) is 8.01. The van der Waals surface area contributed by atoms with Crippen LogP contribution in [0.4, 0.5) is 4.39 Å². The third-order valence-electron chi connectivity index (χ3n) is 6.20. The minimum atomic E-state index is -0.306. The highest BCUT2D eigenvalue weighted by molar-refractivity contribution is 6.35. The van der Waals surface area contributed by atoms with E-state index in [9.17, 15) is 14.0 Å². The Morgan fingerprint density at radius 3 is 2.16 bits per heavy atom. The number of rotatable bonds is 7. The molecule has 168 valence electrons. The van der Waals surface area contributed by atoms with Crippen molar-refractivity contribution >= 4 is 17.4 Å². The molecule has 0 radical (unpaired) electrons. The molecule has 2 aromatic rings. The molecule has 0 saturated carbocycles. The first kappa shape index (κ1) is 22.0. The van der Waals surface area contributed by atoms with Crippen molar-refractivity contribution in [3.8, 4) is 5.75 Å². The molecule has 0 spiro atoms. The Balaban J connectivity index is 1.62. The van der Waals surface area contributed by atoms with E-state index in [4.69, 9.17) is 4.74 Å². The van der Waals surface area contributed by atoms with Crippen molar-refractivity contribution in [1.29, 1.82) is 0 Å². The van der Waals surface area contributed by atoms with Gasteiger partial charge in [0.2, 0.25) is 0 Å². The Labute approximate surface area is 187 Å². The number of amides is 2. The van der Waals surface area contributed by atoms with Gasteiger partial charge in [0.25, 0.3) is 11.8 Å². The highest BCUT2D eigenvalue weighted by Gasteiger charge is 2.41. The van der Waals surface area contributed by atoms with Crippen LogP contribution in [0.1, 0.15) is 18.1 Å². The van der Waals surface area contributed by atoms with E-state index in [0.717, 1.165) is 25.2 Å². The molecule has 32 heavy (non-hydrogen) atoms. The van der Waals surface area contributed by atoms with Gasteiger partial charge < -0.3 is 14.5 Å². The van der Waals surface area contributed by atoms with E-state index in [-0.39, 0.29) is 24.2 Å². The second-order valence-electron chi connectivity index (χ2n) is 8.01. The van der Waals surface area contributed by atoms with Crippen molar-refractivity contribution in [2.75, 3.05) is 46.4 Å². The summed E-state index contributed by atoms with van der Waals surface area (Å²) in [5.74, 6) is -0.153. The van der Waals surface area contributed by atoms with Gasteiger partial charge in [0.05, 0.1) is 12.7 Å². The van der Waals surface area contributed by atoms with Crippen LogP contribution in [0.2, 0.25) is 0 Å². The summed E-state index contributed by atoms with van der Waals surface area (Å²) >= 11 is 0. The molecule has 0 atom stereocenters. The number of carbonyl (C=O) groups excluding carboxylic acids is 2. The Bertz CT molecular complexity index is 1010. The first-order valence-corrected chi connectivity index (χ1v) is 11.0. The van der Waals surface area contributed by atoms with E-state index < -0.39 is 0 Å². The van der Waals surface area contributed by atoms with Gasteiger partial charge in [-0.15, -0.1) is 0 Å². The van der Waals surface area contributed by atoms with Crippen LogP contribution < -0.4 is 4.74 Å². The van der Waals surface area contributed by atoms with Crippen LogP contribution in [0.15, 0.2) is 54.2 Å². The predicted octanol–water partition coefficient (Wildman–Crippen LogP) is 2.79. The average molecular weight is 438 g/mol. The molecule has 0 unspecified atom stereocenters. The molecule has 2 aliphatic heterocycles. The minimum Gasteiger partial charge on any atom is -0.497 e. The summed E-state index contributed by atoms with van der Waals surface area (Å²) in [4.78, 5) is 32.6. The van der Waals surface area contributed by atoms with Crippen LogP contribution >= 0.6 is 0 Å². The molecule has 0 aromatic heterocycles. The maximum Gasteiger partial charge on any atom is 0.277 e. The number of nitrogens with zero attached hydrogens (tertiary/aromatic N) is 3. The number of halogens is 1. The molecule has 6 nitrogen and oxygen atoms in total. The lowest BCUT2D eigenvalue weighted by molar-refractivity contribution is -0.137. The maximum atomic E-state index is 13.5. The first-order chi connectivity index (χ1) is 15.5. The van der Waals surface area contributed by atoms with Crippen LogP contribution in [-0.4, -0.2) is 72.9 Å². The largest absolute Gasteiger partial charge is 0.497 e. The number of piperazine rings is 1. The van der Waals surface area contributed by atoms with Gasteiger partial charge in [-0.2, -0.15) is 0 Å². The summed E-state index contributed by atoms with van der Waals surface area (Å²) in [6, 6.07) is 13.4. The smallest absolute Gasteiger partial charge is 0.277 e. The van der Waals surface area contributed by atoms with E-state index in [1.165, 1.54) is 17.0 Å². The summed E-state index contributed by atoms with van der Waals surface area (Å²) in [5.41, 5.74) is 2.51. The Hall–Kier alpha value is -3.19. The molecule has 4 rings (SSSR count). The van der Waals surface area contributed by atoms with Crippen molar-refractivity contribution in [3.05, 3.63) is 71.2 Å². The fourth-order valence-corrected chi connectivity index (χ4v) is 4.26. The first-order valence-electron chi connectivity index (χ1n) is 11.0. The monoisotopic (exact) mass is 437 g/mol. The third-order valence-corrected chi connectivity index (χ3v) is 6.20. The van der Waals surface area contributed by atoms with E-state index in [1.54, 1.807) is 31.4 Å². The Morgan fingerprint density at radius 1 is 0.906 bits per heavy atom. The normalized spacial score (nSPS) is 17.5. The zero-order valence-corrected chi connectivity index (χ0v) is 18.5. The fourth-order valence-electron chi connectivity index (χ4n) is 4.26. The lowest BCUT2D eigenvalue weighted by Crippen LogP contribution is -2.47. The second kappa shape index (κ2) is 9.53. The van der Waals surface area contributed by atoms with Crippen molar-refractivity contribution in [2.24, 2.45) is 0 Å². The van der Waals surface area contributed by atoms with Crippen molar-refractivity contribution in [3.63, 3.8) is 0 Å². The van der Waals surface area contributed by atoms with E-state index in [1.807, 2.05) is 17.0 Å². The number of hydrogen-bond donors (Lipinski definition) is 0. The molecule has 2 aliphatic rings. The summed E-state index contributed by atoms with van der Waals surface area (Å²) in [7, 11) is 1.59. The molecule has 1 fully saturated rings. The SMILES string of the molecule is CCN1CCN(C2=C(c3ccc(OC)cc3)C(=O)N(CCc3ccc(F)cc3)C2=O)CC1. The quantitative estimate of drug-likeness (QED) is 0.624. The zero-order chi connectivity index (χ0) is 22.7. The van der Waals surface area contributed by atoms with Crippen molar-refractivity contribution in [1.82, 2.24) is 14.7 Å². The average Bonchev–Trinajstić information content (AvgIpc) is 3.08. The van der Waals surface area contributed by atoms with Crippen LogP contribution in [0, 0.1) is 5.82 Å². The molecule has 0 bridgehead atoms. The molecule has 0 aliphatic carbocycles. The van der Waals surface area contributed by atoms with Crippen molar-refractivity contribution < 1.29 is 18.7 Å². The Kier molecular flexibility index (Phi) is 6.55. The molecule has 7 heteroatoms. The van der Waals surface area contributed by atoms with E-state index in [0.29, 0.717) is 42.1 Å². The van der Waals surface area contributed by atoms with Crippen LogP contribution in [0.3, 0.4) is 0 Å². The van der Waals surface area contributed by atoms with Crippen molar-refractivity contribution in [2.45, 2.75) is 13.3 Å². The van der Waals surface area contributed by atoms with Gasteiger partial charge in [-0.3, -0.25) is 14.5 Å². The van der Waals surface area contributed by atoms with Gasteiger partial charge in [-0.1, -0.05) is 31.2 Å². The summed E-state index contributed by atoms with van der Waals surface area (Å²) in [6.45, 7) is 6.45. The van der Waals surface area contributed by atoms with E-state index in [2.05, 4.69) is 11.8 Å². The number of benzene rings is 2. The van der Waals surface area contributed by atoms with Gasteiger partial charge in [0.1, 0.15) is 17.3 Å². The van der Waals surface area contributed by atoms with Gasteiger partial charge >= 0.3 is 0 Å². The molecular formula is C25H28FN3O3. The lowest BCUT2D eigenvalue weighted by atomic mass is 10.0. The highest BCUT2D eigenvalue weighted by Crippen LogP contribution is 2.33.